The fourth-order valence-corrected chi connectivity index (χ4v) is 2.83. The number of nitrogens with zero attached hydrogens (tertiary/aromatic N) is 2. The van der Waals surface area contributed by atoms with Crippen molar-refractivity contribution in [2.45, 2.75) is 25.1 Å². The van der Waals surface area contributed by atoms with Crippen LogP contribution in [0.4, 0.5) is 14.5 Å². The van der Waals surface area contributed by atoms with E-state index >= 15 is 0 Å². The lowest BCUT2D eigenvalue weighted by atomic mass is 10.1. The van der Waals surface area contributed by atoms with E-state index in [4.69, 9.17) is 10.00 Å². The maximum Gasteiger partial charge on any atom is 0.165 e. The lowest BCUT2D eigenvalue weighted by molar-refractivity contribution is 0.356. The van der Waals surface area contributed by atoms with E-state index in [2.05, 4.69) is 6.07 Å². The zero-order valence-electron chi connectivity index (χ0n) is 12.5. The highest BCUT2D eigenvalue weighted by Gasteiger charge is 2.31. The Morgan fingerprint density at radius 3 is 2.61 bits per heavy atom. The summed E-state index contributed by atoms with van der Waals surface area (Å²) in [6, 6.07) is 15.2. The number of para-hydroxylation sites is 1. The van der Waals surface area contributed by atoms with Crippen molar-refractivity contribution in [3.63, 3.8) is 0 Å². The fourth-order valence-electron chi connectivity index (χ4n) is 2.83. The van der Waals surface area contributed by atoms with E-state index in [9.17, 15) is 8.78 Å². The number of alkyl halides is 1. The van der Waals surface area contributed by atoms with Gasteiger partial charge in [0.25, 0.3) is 0 Å². The number of halogens is 2. The second-order valence-corrected chi connectivity index (χ2v) is 5.53. The number of hydrogen-bond donors (Lipinski definition) is 0. The fraction of sp³-hybridized carbons (Fsp3) is 0.278. The number of nitriles is 1. The molecule has 0 unspecified atom stereocenters. The van der Waals surface area contributed by atoms with Gasteiger partial charge < -0.3 is 9.64 Å². The van der Waals surface area contributed by atoms with Crippen LogP contribution in [0.2, 0.25) is 0 Å². The van der Waals surface area contributed by atoms with E-state index in [0.29, 0.717) is 25.1 Å². The molecule has 1 heterocycles. The quantitative estimate of drug-likeness (QED) is 0.836. The summed E-state index contributed by atoms with van der Waals surface area (Å²) in [4.78, 5) is 1.90. The molecule has 0 spiro atoms. The van der Waals surface area contributed by atoms with Crippen molar-refractivity contribution < 1.29 is 13.5 Å². The van der Waals surface area contributed by atoms with Gasteiger partial charge in [-0.15, -0.1) is 0 Å². The Morgan fingerprint density at radius 1 is 1.17 bits per heavy atom. The summed E-state index contributed by atoms with van der Waals surface area (Å²) in [7, 11) is 0. The first-order valence-corrected chi connectivity index (χ1v) is 7.47. The zero-order chi connectivity index (χ0) is 16.2. The molecule has 0 bridgehead atoms. The number of anilines is 1. The second kappa shape index (κ2) is 6.66. The summed E-state index contributed by atoms with van der Waals surface area (Å²) in [5.74, 6) is 0.241. The Labute approximate surface area is 133 Å². The van der Waals surface area contributed by atoms with Crippen molar-refractivity contribution in [1.82, 2.24) is 0 Å². The molecule has 0 saturated carbocycles. The Kier molecular flexibility index (Phi) is 4.42. The Balaban J connectivity index is 1.74. The third kappa shape index (κ3) is 3.42. The lowest BCUT2D eigenvalue weighted by Gasteiger charge is -2.24. The Bertz CT molecular complexity index is 712. The molecule has 2 aromatic rings. The van der Waals surface area contributed by atoms with Crippen molar-refractivity contribution in [3.8, 4) is 17.6 Å². The molecule has 0 aromatic heterocycles. The number of ether oxygens (including phenoxy) is 1. The van der Waals surface area contributed by atoms with Gasteiger partial charge in [-0.2, -0.15) is 5.26 Å². The van der Waals surface area contributed by atoms with Gasteiger partial charge in [-0.25, -0.2) is 8.78 Å². The van der Waals surface area contributed by atoms with Crippen LogP contribution in [-0.4, -0.2) is 18.8 Å². The van der Waals surface area contributed by atoms with Crippen molar-refractivity contribution in [2.24, 2.45) is 0 Å². The molecular weight excluding hydrogens is 298 g/mol. The third-order valence-electron chi connectivity index (χ3n) is 3.92. The summed E-state index contributed by atoms with van der Waals surface area (Å²) in [5, 5.41) is 8.86. The van der Waals surface area contributed by atoms with Crippen LogP contribution in [-0.2, 0) is 0 Å². The van der Waals surface area contributed by atoms with Crippen molar-refractivity contribution >= 4 is 5.69 Å². The monoisotopic (exact) mass is 314 g/mol. The summed E-state index contributed by atoms with van der Waals surface area (Å²) >= 11 is 0. The molecule has 1 saturated heterocycles. The molecule has 5 heteroatoms. The Morgan fingerprint density at radius 2 is 1.91 bits per heavy atom. The highest BCUT2D eigenvalue weighted by Crippen LogP contribution is 2.31. The van der Waals surface area contributed by atoms with Gasteiger partial charge >= 0.3 is 0 Å². The van der Waals surface area contributed by atoms with Crippen LogP contribution in [0.1, 0.15) is 12.8 Å². The van der Waals surface area contributed by atoms with E-state index in [1.165, 1.54) is 6.07 Å². The van der Waals surface area contributed by atoms with Crippen LogP contribution in [0.3, 0.4) is 0 Å². The summed E-state index contributed by atoms with van der Waals surface area (Å²) in [6.45, 7) is 0.292. The zero-order valence-corrected chi connectivity index (χ0v) is 12.5. The van der Waals surface area contributed by atoms with Crippen LogP contribution < -0.4 is 9.64 Å². The van der Waals surface area contributed by atoms with Gasteiger partial charge in [0, 0.05) is 24.7 Å². The van der Waals surface area contributed by atoms with Crippen molar-refractivity contribution in [1.29, 1.82) is 5.26 Å². The molecular formula is C18H16F2N2O. The molecule has 23 heavy (non-hydrogen) atoms. The predicted octanol–water partition coefficient (Wildman–Crippen LogP) is 4.45. The van der Waals surface area contributed by atoms with Gasteiger partial charge in [0.2, 0.25) is 0 Å². The maximum atomic E-state index is 13.6. The van der Waals surface area contributed by atoms with Crippen molar-refractivity contribution in [2.75, 3.05) is 11.4 Å². The first-order chi connectivity index (χ1) is 11.2. The normalized spacial score (nSPS) is 20.3. The number of rotatable bonds is 4. The molecule has 118 valence electrons. The van der Waals surface area contributed by atoms with Crippen molar-refractivity contribution in [3.05, 3.63) is 54.3 Å². The third-order valence-corrected chi connectivity index (χ3v) is 3.92. The van der Waals surface area contributed by atoms with E-state index in [0.717, 1.165) is 5.69 Å². The molecule has 0 N–H and O–H groups in total. The van der Waals surface area contributed by atoms with Crippen LogP contribution in [0.15, 0.2) is 48.5 Å². The molecule has 2 aromatic carbocycles. The number of benzene rings is 2. The smallest absolute Gasteiger partial charge is 0.165 e. The lowest BCUT2D eigenvalue weighted by Crippen LogP contribution is -2.28. The molecule has 2 atom stereocenters. The van der Waals surface area contributed by atoms with Gasteiger partial charge in [-0.3, -0.25) is 0 Å². The molecule has 1 fully saturated rings. The van der Waals surface area contributed by atoms with Gasteiger partial charge in [0.05, 0.1) is 12.5 Å². The molecule has 0 aliphatic carbocycles. The standard InChI is InChI=1S/C18H16F2N2O/c19-13-11-15(9-10-21)22(12-13)14-5-7-16(8-6-14)23-18-4-2-1-3-17(18)20/h1-8,13,15H,9,11-12H2/t13-,15+/m0/s1. The van der Waals surface area contributed by atoms with E-state index in [-0.39, 0.29) is 11.8 Å². The first-order valence-electron chi connectivity index (χ1n) is 7.47. The molecule has 1 aliphatic heterocycles. The summed E-state index contributed by atoms with van der Waals surface area (Å²) in [5.41, 5.74) is 0.839. The molecule has 0 amide bonds. The van der Waals surface area contributed by atoms with E-state index < -0.39 is 12.0 Å². The van der Waals surface area contributed by atoms with Gasteiger partial charge in [0.1, 0.15) is 11.9 Å². The second-order valence-electron chi connectivity index (χ2n) is 5.53. The SMILES string of the molecule is N#CC[C@@H]1C[C@H](F)CN1c1ccc(Oc2ccccc2F)cc1. The van der Waals surface area contributed by atoms with Gasteiger partial charge in [-0.1, -0.05) is 12.1 Å². The first kappa shape index (κ1) is 15.3. The highest BCUT2D eigenvalue weighted by molar-refractivity contribution is 5.52. The van der Waals surface area contributed by atoms with E-state index in [1.807, 2.05) is 4.90 Å². The Hall–Kier alpha value is -2.61. The predicted molar refractivity (Wildman–Crippen MR) is 83.8 cm³/mol. The minimum absolute atomic E-state index is 0.103. The van der Waals surface area contributed by atoms with Crippen LogP contribution in [0.25, 0.3) is 0 Å². The highest BCUT2D eigenvalue weighted by atomic mass is 19.1. The number of hydrogen-bond acceptors (Lipinski definition) is 3. The van der Waals surface area contributed by atoms with Gasteiger partial charge in [0.15, 0.2) is 11.6 Å². The molecule has 3 rings (SSSR count). The summed E-state index contributed by atoms with van der Waals surface area (Å²) in [6.07, 6.45) is -0.239. The molecule has 1 aliphatic rings. The summed E-state index contributed by atoms with van der Waals surface area (Å²) < 4.78 is 32.7. The largest absolute Gasteiger partial charge is 0.454 e. The van der Waals surface area contributed by atoms with E-state index in [1.54, 1.807) is 42.5 Å². The van der Waals surface area contributed by atoms with Crippen LogP contribution in [0, 0.1) is 17.1 Å². The van der Waals surface area contributed by atoms with Gasteiger partial charge in [-0.05, 0) is 36.4 Å². The maximum absolute atomic E-state index is 13.6. The molecule has 0 radical (unpaired) electrons. The topological polar surface area (TPSA) is 36.3 Å². The average Bonchev–Trinajstić information content (AvgIpc) is 2.91. The van der Waals surface area contributed by atoms with Crippen LogP contribution in [0.5, 0.6) is 11.5 Å². The van der Waals surface area contributed by atoms with Crippen LogP contribution >= 0.6 is 0 Å². The average molecular weight is 314 g/mol. The minimum atomic E-state index is -0.914. The molecule has 3 nitrogen and oxygen atoms in total. The minimum Gasteiger partial charge on any atom is -0.454 e.